The molecule has 2 aliphatic rings. The summed E-state index contributed by atoms with van der Waals surface area (Å²) < 4.78 is 27.2. The third-order valence-corrected chi connectivity index (χ3v) is 7.36. The second-order valence-electron chi connectivity index (χ2n) is 6.05. The molecule has 0 amide bonds. The van der Waals surface area contributed by atoms with Gasteiger partial charge in [-0.1, -0.05) is 48.0 Å². The van der Waals surface area contributed by atoms with Gasteiger partial charge in [0.2, 0.25) is 10.0 Å². The lowest BCUT2D eigenvalue weighted by Gasteiger charge is -2.30. The summed E-state index contributed by atoms with van der Waals surface area (Å²) in [6.07, 6.45) is 10.3. The molecule has 3 nitrogen and oxygen atoms in total. The normalized spacial score (nSPS) is 28.2. The predicted molar refractivity (Wildman–Crippen MR) is 83.1 cm³/mol. The van der Waals surface area contributed by atoms with Crippen molar-refractivity contribution in [3.63, 3.8) is 0 Å². The molecule has 0 aromatic heterocycles. The van der Waals surface area contributed by atoms with E-state index in [0.29, 0.717) is 11.7 Å². The lowest BCUT2D eigenvalue weighted by molar-refractivity contribution is 0.332. The summed E-state index contributed by atoms with van der Waals surface area (Å²) in [7, 11) is -3.06. The van der Waals surface area contributed by atoms with Gasteiger partial charge >= 0.3 is 0 Å². The van der Waals surface area contributed by atoms with Crippen LogP contribution in [0.1, 0.15) is 57.8 Å². The van der Waals surface area contributed by atoms with Gasteiger partial charge in [-0.25, -0.2) is 8.42 Å². The first-order valence-corrected chi connectivity index (χ1v) is 10.4. The SMILES string of the molecule is O=S(=O)(CC1CCCCC1)N1CCCCCC1CBr. The second-order valence-corrected chi connectivity index (χ2v) is 8.66. The van der Waals surface area contributed by atoms with Gasteiger partial charge in [-0.3, -0.25) is 0 Å². The van der Waals surface area contributed by atoms with Crippen LogP contribution in [0, 0.1) is 5.92 Å². The van der Waals surface area contributed by atoms with Crippen LogP contribution in [0.2, 0.25) is 0 Å². The van der Waals surface area contributed by atoms with Gasteiger partial charge in [-0.15, -0.1) is 0 Å². The molecule has 19 heavy (non-hydrogen) atoms. The number of rotatable bonds is 4. The monoisotopic (exact) mass is 351 g/mol. The molecule has 1 heterocycles. The van der Waals surface area contributed by atoms with Gasteiger partial charge in [-0.05, 0) is 31.6 Å². The molecule has 1 saturated heterocycles. The smallest absolute Gasteiger partial charge is 0.212 e. The molecule has 1 atom stereocenters. The van der Waals surface area contributed by atoms with Crippen LogP contribution in [0.25, 0.3) is 0 Å². The maximum absolute atomic E-state index is 12.7. The molecule has 0 spiro atoms. The lowest BCUT2D eigenvalue weighted by Crippen LogP contribution is -2.43. The maximum atomic E-state index is 12.7. The van der Waals surface area contributed by atoms with Crippen LogP contribution >= 0.6 is 15.9 Å². The second kappa shape index (κ2) is 7.41. The highest BCUT2D eigenvalue weighted by Gasteiger charge is 2.32. The molecule has 0 aromatic carbocycles. The molecular weight excluding hydrogens is 326 g/mol. The molecule has 0 N–H and O–H groups in total. The van der Waals surface area contributed by atoms with Crippen molar-refractivity contribution < 1.29 is 8.42 Å². The molecule has 1 aliphatic heterocycles. The van der Waals surface area contributed by atoms with Crippen LogP contribution < -0.4 is 0 Å². The maximum Gasteiger partial charge on any atom is 0.214 e. The Morgan fingerprint density at radius 3 is 2.26 bits per heavy atom. The zero-order chi connectivity index (χ0) is 13.7. The number of halogens is 1. The highest BCUT2D eigenvalue weighted by atomic mass is 79.9. The van der Waals surface area contributed by atoms with Crippen LogP contribution in [0.5, 0.6) is 0 Å². The first kappa shape index (κ1) is 15.8. The molecule has 112 valence electrons. The summed E-state index contributed by atoms with van der Waals surface area (Å²) in [4.78, 5) is 0. The van der Waals surface area contributed by atoms with Crippen molar-refractivity contribution >= 4 is 26.0 Å². The van der Waals surface area contributed by atoms with E-state index in [9.17, 15) is 8.42 Å². The fourth-order valence-corrected chi connectivity index (χ4v) is 6.45. The van der Waals surface area contributed by atoms with Crippen molar-refractivity contribution in [2.24, 2.45) is 5.92 Å². The van der Waals surface area contributed by atoms with Gasteiger partial charge in [0.25, 0.3) is 0 Å². The van der Waals surface area contributed by atoms with Crippen molar-refractivity contribution in [2.45, 2.75) is 63.8 Å². The van der Waals surface area contributed by atoms with E-state index in [0.717, 1.165) is 44.0 Å². The van der Waals surface area contributed by atoms with E-state index in [-0.39, 0.29) is 6.04 Å². The van der Waals surface area contributed by atoms with Crippen molar-refractivity contribution in [2.75, 3.05) is 17.6 Å². The predicted octanol–water partition coefficient (Wildman–Crippen LogP) is 3.54. The average Bonchev–Trinajstić information content (AvgIpc) is 2.64. The highest BCUT2D eigenvalue weighted by molar-refractivity contribution is 9.09. The number of hydrogen-bond acceptors (Lipinski definition) is 2. The van der Waals surface area contributed by atoms with Crippen LogP contribution in [-0.2, 0) is 10.0 Å². The third kappa shape index (κ3) is 4.43. The molecule has 2 rings (SSSR count). The zero-order valence-corrected chi connectivity index (χ0v) is 14.1. The first-order valence-electron chi connectivity index (χ1n) is 7.69. The third-order valence-electron chi connectivity index (χ3n) is 4.53. The Kier molecular flexibility index (Phi) is 6.15. The van der Waals surface area contributed by atoms with E-state index in [1.165, 1.54) is 25.7 Å². The average molecular weight is 352 g/mol. The molecule has 2 fully saturated rings. The fourth-order valence-electron chi connectivity index (χ4n) is 3.42. The van der Waals surface area contributed by atoms with Gasteiger partial charge in [0.05, 0.1) is 5.75 Å². The molecule has 0 bridgehead atoms. The van der Waals surface area contributed by atoms with Gasteiger partial charge < -0.3 is 0 Å². The van der Waals surface area contributed by atoms with Crippen molar-refractivity contribution in [3.8, 4) is 0 Å². The quantitative estimate of drug-likeness (QED) is 0.726. The molecule has 0 radical (unpaired) electrons. The van der Waals surface area contributed by atoms with Crippen molar-refractivity contribution in [1.82, 2.24) is 4.31 Å². The molecule has 5 heteroatoms. The lowest BCUT2D eigenvalue weighted by atomic mass is 9.91. The number of sulfonamides is 1. The van der Waals surface area contributed by atoms with E-state index in [1.54, 1.807) is 0 Å². The fraction of sp³-hybridized carbons (Fsp3) is 1.00. The van der Waals surface area contributed by atoms with Crippen molar-refractivity contribution in [3.05, 3.63) is 0 Å². The minimum absolute atomic E-state index is 0.177. The van der Waals surface area contributed by atoms with Crippen LogP contribution in [-0.4, -0.2) is 36.4 Å². The van der Waals surface area contributed by atoms with Gasteiger partial charge in [0.1, 0.15) is 0 Å². The largest absolute Gasteiger partial charge is 0.214 e. The van der Waals surface area contributed by atoms with E-state index in [1.807, 2.05) is 4.31 Å². The van der Waals surface area contributed by atoms with Crippen LogP contribution in [0.3, 0.4) is 0 Å². The van der Waals surface area contributed by atoms with E-state index in [2.05, 4.69) is 15.9 Å². The number of hydrogen-bond donors (Lipinski definition) is 0. The summed E-state index contributed by atoms with van der Waals surface area (Å²) in [6.45, 7) is 0.728. The van der Waals surface area contributed by atoms with Gasteiger partial charge in [0.15, 0.2) is 0 Å². The standard InChI is InChI=1S/C14H26BrNO2S/c15-11-14-9-5-2-6-10-16(14)19(17,18)12-13-7-3-1-4-8-13/h13-14H,1-12H2. The Bertz CT molecular complexity index is 366. The first-order chi connectivity index (χ1) is 9.13. The number of nitrogens with zero attached hydrogens (tertiary/aromatic N) is 1. The van der Waals surface area contributed by atoms with E-state index < -0.39 is 10.0 Å². The zero-order valence-electron chi connectivity index (χ0n) is 11.7. The molecule has 1 unspecified atom stereocenters. The molecule has 0 aromatic rings. The Hall–Kier alpha value is 0.390. The van der Waals surface area contributed by atoms with E-state index in [4.69, 9.17) is 0 Å². The Morgan fingerprint density at radius 1 is 0.947 bits per heavy atom. The van der Waals surface area contributed by atoms with Crippen LogP contribution in [0.15, 0.2) is 0 Å². The summed E-state index contributed by atoms with van der Waals surface area (Å²) in [5.74, 6) is 0.786. The molecular formula is C14H26BrNO2S. The minimum atomic E-state index is -3.06. The summed E-state index contributed by atoms with van der Waals surface area (Å²) in [5.41, 5.74) is 0. The Labute approximate surface area is 126 Å². The van der Waals surface area contributed by atoms with Gasteiger partial charge in [-0.2, -0.15) is 4.31 Å². The Morgan fingerprint density at radius 2 is 1.58 bits per heavy atom. The molecule has 1 saturated carbocycles. The Balaban J connectivity index is 2.02. The summed E-state index contributed by atoms with van der Waals surface area (Å²) in [5, 5.41) is 0.775. The topological polar surface area (TPSA) is 37.4 Å². The molecule has 1 aliphatic carbocycles. The minimum Gasteiger partial charge on any atom is -0.212 e. The highest BCUT2D eigenvalue weighted by Crippen LogP contribution is 2.28. The van der Waals surface area contributed by atoms with Crippen LogP contribution in [0.4, 0.5) is 0 Å². The van der Waals surface area contributed by atoms with E-state index >= 15 is 0 Å². The van der Waals surface area contributed by atoms with Crippen molar-refractivity contribution in [1.29, 1.82) is 0 Å². The van der Waals surface area contributed by atoms with Gasteiger partial charge in [0, 0.05) is 17.9 Å². The summed E-state index contributed by atoms with van der Waals surface area (Å²) in [6, 6.07) is 0.177. The summed E-state index contributed by atoms with van der Waals surface area (Å²) >= 11 is 3.50. The number of alkyl halides is 1.